The topological polar surface area (TPSA) is 75.7 Å². The van der Waals surface area contributed by atoms with Gasteiger partial charge in [0.15, 0.2) is 0 Å². The van der Waals surface area contributed by atoms with Gasteiger partial charge in [-0.2, -0.15) is 4.31 Å². The van der Waals surface area contributed by atoms with Crippen LogP contribution in [-0.2, 0) is 14.8 Å². The van der Waals surface area contributed by atoms with Crippen molar-refractivity contribution in [3.8, 4) is 5.75 Å². The molecule has 140 valence electrons. The summed E-state index contributed by atoms with van der Waals surface area (Å²) in [6.07, 6.45) is 1.85. The Morgan fingerprint density at radius 3 is 2.60 bits per heavy atom. The molecule has 1 aromatic carbocycles. The molecular formula is C18H28N2O4S. The van der Waals surface area contributed by atoms with Gasteiger partial charge in [-0.3, -0.25) is 4.79 Å². The summed E-state index contributed by atoms with van der Waals surface area (Å²) in [5.41, 5.74) is 0.956. The third-order valence-corrected chi connectivity index (χ3v) is 6.45. The Morgan fingerprint density at radius 1 is 1.32 bits per heavy atom. The number of rotatable bonds is 8. The summed E-state index contributed by atoms with van der Waals surface area (Å²) in [5, 5.41) is 2.95. The maximum Gasteiger partial charge on any atom is 0.238 e. The van der Waals surface area contributed by atoms with Gasteiger partial charge in [-0.25, -0.2) is 8.42 Å². The van der Waals surface area contributed by atoms with E-state index in [2.05, 4.69) is 5.32 Å². The smallest absolute Gasteiger partial charge is 0.238 e. The Balaban J connectivity index is 2.02. The zero-order chi connectivity index (χ0) is 18.4. The lowest BCUT2D eigenvalue weighted by atomic mass is 10.1. The Bertz CT molecular complexity index is 673. The van der Waals surface area contributed by atoms with E-state index in [9.17, 15) is 13.2 Å². The lowest BCUT2D eigenvalue weighted by Gasteiger charge is -2.25. The number of ether oxygens (including phenoxy) is 1. The second-order valence-electron chi connectivity index (χ2n) is 6.32. The number of amides is 1. The highest BCUT2D eigenvalue weighted by molar-refractivity contribution is 7.89. The molecule has 6 nitrogen and oxygen atoms in total. The van der Waals surface area contributed by atoms with Crippen LogP contribution in [0.25, 0.3) is 0 Å². The molecule has 7 heteroatoms. The fraction of sp³-hybridized carbons (Fsp3) is 0.611. The quantitative estimate of drug-likeness (QED) is 0.765. The van der Waals surface area contributed by atoms with E-state index in [1.807, 2.05) is 45.0 Å². The Hall–Kier alpha value is -1.60. The average Bonchev–Trinajstić information content (AvgIpc) is 3.06. The molecule has 1 fully saturated rings. The summed E-state index contributed by atoms with van der Waals surface area (Å²) in [5.74, 6) is 0.654. The van der Waals surface area contributed by atoms with Crippen molar-refractivity contribution in [2.45, 2.75) is 52.1 Å². The van der Waals surface area contributed by atoms with E-state index in [-0.39, 0.29) is 17.7 Å². The first-order valence-corrected chi connectivity index (χ1v) is 10.5. The van der Waals surface area contributed by atoms with Gasteiger partial charge in [0.25, 0.3) is 0 Å². The number of carbonyl (C=O) groups is 1. The average molecular weight is 368 g/mol. The molecule has 2 unspecified atom stereocenters. The van der Waals surface area contributed by atoms with E-state index >= 15 is 0 Å². The highest BCUT2D eigenvalue weighted by Gasteiger charge is 2.38. The van der Waals surface area contributed by atoms with Crippen molar-refractivity contribution >= 4 is 15.9 Å². The van der Waals surface area contributed by atoms with Crippen LogP contribution in [0.5, 0.6) is 5.75 Å². The van der Waals surface area contributed by atoms with E-state index in [4.69, 9.17) is 4.74 Å². The predicted molar refractivity (Wildman–Crippen MR) is 98.0 cm³/mol. The van der Waals surface area contributed by atoms with Crippen LogP contribution in [0.3, 0.4) is 0 Å². The number of sulfonamides is 1. The second-order valence-corrected chi connectivity index (χ2v) is 8.36. The predicted octanol–water partition coefficient (Wildman–Crippen LogP) is 2.47. The number of nitrogens with one attached hydrogen (secondary N) is 1. The largest absolute Gasteiger partial charge is 0.494 e. The summed E-state index contributed by atoms with van der Waals surface area (Å²) in [4.78, 5) is 12.6. The van der Waals surface area contributed by atoms with Crippen LogP contribution in [0, 0.1) is 0 Å². The normalized spacial score (nSPS) is 19.6. The molecule has 1 saturated heterocycles. The van der Waals surface area contributed by atoms with Gasteiger partial charge < -0.3 is 10.1 Å². The van der Waals surface area contributed by atoms with Crippen LogP contribution < -0.4 is 10.1 Å². The van der Waals surface area contributed by atoms with Crippen molar-refractivity contribution in [3.63, 3.8) is 0 Å². The van der Waals surface area contributed by atoms with Crippen molar-refractivity contribution in [3.05, 3.63) is 29.8 Å². The summed E-state index contributed by atoms with van der Waals surface area (Å²) >= 11 is 0. The van der Waals surface area contributed by atoms with Crippen molar-refractivity contribution < 1.29 is 17.9 Å². The number of benzene rings is 1. The molecule has 1 heterocycles. The molecule has 2 atom stereocenters. The zero-order valence-corrected chi connectivity index (χ0v) is 16.0. The molecular weight excluding hydrogens is 340 g/mol. The van der Waals surface area contributed by atoms with E-state index in [1.165, 1.54) is 4.31 Å². The molecule has 25 heavy (non-hydrogen) atoms. The van der Waals surface area contributed by atoms with Gasteiger partial charge >= 0.3 is 0 Å². The summed E-state index contributed by atoms with van der Waals surface area (Å²) in [6, 6.07) is 6.78. The summed E-state index contributed by atoms with van der Waals surface area (Å²) in [7, 11) is -3.36. The van der Waals surface area contributed by atoms with Gasteiger partial charge in [0.1, 0.15) is 11.8 Å². The van der Waals surface area contributed by atoms with Crippen LogP contribution in [-0.4, -0.2) is 43.6 Å². The van der Waals surface area contributed by atoms with Crippen LogP contribution in [0.1, 0.15) is 51.6 Å². The molecule has 0 spiro atoms. The molecule has 1 N–H and O–H groups in total. The number of carbonyl (C=O) groups excluding carboxylic acids is 1. The second kappa shape index (κ2) is 8.67. The van der Waals surface area contributed by atoms with Crippen molar-refractivity contribution in [1.29, 1.82) is 0 Å². The summed E-state index contributed by atoms with van der Waals surface area (Å²) < 4.78 is 31.5. The van der Waals surface area contributed by atoms with E-state index < -0.39 is 16.1 Å². The number of hydrogen-bond acceptors (Lipinski definition) is 4. The van der Waals surface area contributed by atoms with Crippen molar-refractivity contribution in [2.75, 3.05) is 18.9 Å². The molecule has 0 radical (unpaired) electrons. The van der Waals surface area contributed by atoms with Crippen LogP contribution in [0.15, 0.2) is 24.3 Å². The molecule has 1 aromatic rings. The van der Waals surface area contributed by atoms with Gasteiger partial charge in [-0.15, -0.1) is 0 Å². The minimum atomic E-state index is -3.36. The standard InChI is InChI=1S/C18H28N2O4S/c1-4-13-25(22,23)20-12-6-7-17(20)18(21)19-14(3)15-8-10-16(11-9-15)24-5-2/h8-11,14,17H,4-7,12-13H2,1-3H3,(H,19,21). The molecule has 1 aliphatic heterocycles. The maximum absolute atomic E-state index is 12.6. The third-order valence-electron chi connectivity index (χ3n) is 4.38. The van der Waals surface area contributed by atoms with Crippen LogP contribution in [0.4, 0.5) is 0 Å². The van der Waals surface area contributed by atoms with Gasteiger partial charge in [-0.05, 0) is 50.8 Å². The molecule has 0 aliphatic carbocycles. The van der Waals surface area contributed by atoms with Crippen LogP contribution >= 0.6 is 0 Å². The van der Waals surface area contributed by atoms with Gasteiger partial charge in [0.05, 0.1) is 18.4 Å². The molecule has 0 saturated carbocycles. The van der Waals surface area contributed by atoms with E-state index in [0.29, 0.717) is 26.0 Å². The number of hydrogen-bond donors (Lipinski definition) is 1. The third kappa shape index (κ3) is 4.95. The lowest BCUT2D eigenvalue weighted by Crippen LogP contribution is -2.47. The molecule has 1 aliphatic rings. The highest BCUT2D eigenvalue weighted by atomic mass is 32.2. The van der Waals surface area contributed by atoms with Crippen molar-refractivity contribution in [2.24, 2.45) is 0 Å². The Labute approximate surface area is 150 Å². The monoisotopic (exact) mass is 368 g/mol. The lowest BCUT2D eigenvalue weighted by molar-refractivity contribution is -0.124. The Morgan fingerprint density at radius 2 is 2.00 bits per heavy atom. The fourth-order valence-electron chi connectivity index (χ4n) is 3.12. The van der Waals surface area contributed by atoms with Crippen LogP contribution in [0.2, 0.25) is 0 Å². The summed E-state index contributed by atoms with van der Waals surface area (Å²) in [6.45, 7) is 6.69. The fourth-order valence-corrected chi connectivity index (χ4v) is 4.87. The first kappa shape index (κ1) is 19.7. The van der Waals surface area contributed by atoms with Gasteiger partial charge in [0, 0.05) is 6.54 Å². The van der Waals surface area contributed by atoms with E-state index in [1.54, 1.807) is 0 Å². The van der Waals surface area contributed by atoms with E-state index in [0.717, 1.165) is 17.7 Å². The zero-order valence-electron chi connectivity index (χ0n) is 15.2. The first-order chi connectivity index (χ1) is 11.9. The minimum absolute atomic E-state index is 0.0885. The van der Waals surface area contributed by atoms with Crippen molar-refractivity contribution in [1.82, 2.24) is 9.62 Å². The SMILES string of the molecule is CCCS(=O)(=O)N1CCCC1C(=O)NC(C)c1ccc(OCC)cc1. The number of nitrogens with zero attached hydrogens (tertiary/aromatic N) is 1. The Kier molecular flexibility index (Phi) is 6.84. The molecule has 0 bridgehead atoms. The molecule has 2 rings (SSSR count). The molecule has 1 amide bonds. The minimum Gasteiger partial charge on any atom is -0.494 e. The first-order valence-electron chi connectivity index (χ1n) is 8.91. The highest BCUT2D eigenvalue weighted by Crippen LogP contribution is 2.24. The van der Waals surface area contributed by atoms with Gasteiger partial charge in [0.2, 0.25) is 15.9 Å². The van der Waals surface area contributed by atoms with Gasteiger partial charge in [-0.1, -0.05) is 19.1 Å². The molecule has 0 aromatic heterocycles. The maximum atomic E-state index is 12.6.